The maximum atomic E-state index is 11.9. The minimum Gasteiger partial charge on any atom is -0.356 e. The van der Waals surface area contributed by atoms with Gasteiger partial charge >= 0.3 is 5.97 Å². The average molecular weight is 448 g/mol. The van der Waals surface area contributed by atoms with Crippen molar-refractivity contribution in [1.82, 2.24) is 0 Å². The van der Waals surface area contributed by atoms with Crippen molar-refractivity contribution >= 4 is 5.97 Å². The molecule has 31 heavy (non-hydrogen) atoms. The van der Waals surface area contributed by atoms with Crippen LogP contribution in [0.3, 0.4) is 0 Å². The standard InChI is InChI=1S/C23H49N2O2.NO3/c1-4-5-6-7-8-9-10-11-12-13-14-15-16-17-18-20-23(26)27-25(2,3)22-19-21-24;2-1(3)4/h4-22,24H2,1-3H3;/q+1;-1. The highest BCUT2D eigenvalue weighted by Crippen LogP contribution is 2.14. The van der Waals surface area contributed by atoms with Crippen molar-refractivity contribution in [3.63, 3.8) is 0 Å². The lowest BCUT2D eigenvalue weighted by Crippen LogP contribution is -2.43. The number of carbonyl (C=O) groups excluding carboxylic acids is 1. The first-order valence-corrected chi connectivity index (χ1v) is 12.3. The summed E-state index contributed by atoms with van der Waals surface area (Å²) in [6.07, 6.45) is 21.5. The monoisotopic (exact) mass is 447 g/mol. The molecular formula is C23H49N3O5. The van der Waals surface area contributed by atoms with Gasteiger partial charge in [-0.25, -0.2) is 4.79 Å². The topological polar surface area (TPSA) is 119 Å². The molecule has 0 fully saturated rings. The Hall–Kier alpha value is -1.41. The van der Waals surface area contributed by atoms with E-state index < -0.39 is 5.09 Å². The maximum Gasteiger partial charge on any atom is 0.366 e. The molecule has 0 aliphatic carbocycles. The molecule has 0 aromatic rings. The van der Waals surface area contributed by atoms with Crippen molar-refractivity contribution < 1.29 is 19.4 Å². The summed E-state index contributed by atoms with van der Waals surface area (Å²) < 4.78 is 0.286. The quantitative estimate of drug-likeness (QED) is 0.107. The zero-order valence-electron chi connectivity index (χ0n) is 20.4. The zero-order valence-corrected chi connectivity index (χ0v) is 20.4. The first-order chi connectivity index (χ1) is 14.7. The number of nitrogens with zero attached hydrogens (tertiary/aromatic N) is 2. The SMILES string of the molecule is CCCCCCCCCCCCCCCCCC(=O)O[N+](C)(C)CCCN.O=[N+]([O-])[O-]. The molecule has 8 nitrogen and oxygen atoms in total. The zero-order chi connectivity index (χ0) is 23.8. The number of carbonyl (C=O) groups is 1. The fourth-order valence-corrected chi connectivity index (χ4v) is 3.48. The van der Waals surface area contributed by atoms with Crippen LogP contribution in [-0.2, 0) is 9.63 Å². The molecule has 0 amide bonds. The van der Waals surface area contributed by atoms with Gasteiger partial charge in [-0.2, -0.15) is 0 Å². The predicted molar refractivity (Wildman–Crippen MR) is 127 cm³/mol. The van der Waals surface area contributed by atoms with Crippen molar-refractivity contribution in [2.45, 2.75) is 116 Å². The maximum absolute atomic E-state index is 11.9. The van der Waals surface area contributed by atoms with Gasteiger partial charge in [-0.1, -0.05) is 96.8 Å². The van der Waals surface area contributed by atoms with Crippen molar-refractivity contribution in [2.24, 2.45) is 5.73 Å². The molecule has 0 saturated carbocycles. The molecule has 0 aliphatic rings. The Balaban J connectivity index is 0. The van der Waals surface area contributed by atoms with E-state index in [1.165, 1.54) is 83.5 Å². The molecule has 2 N–H and O–H groups in total. The Morgan fingerprint density at radius 3 is 1.48 bits per heavy atom. The Labute approximate surface area is 190 Å². The van der Waals surface area contributed by atoms with E-state index in [9.17, 15) is 4.79 Å². The van der Waals surface area contributed by atoms with Crippen molar-refractivity contribution in [2.75, 3.05) is 27.2 Å². The predicted octanol–water partition coefficient (Wildman–Crippen LogP) is 5.89. The van der Waals surface area contributed by atoms with Gasteiger partial charge in [0.05, 0.1) is 11.5 Å². The van der Waals surface area contributed by atoms with Crippen LogP contribution in [0.2, 0.25) is 0 Å². The second-order valence-corrected chi connectivity index (χ2v) is 8.83. The van der Waals surface area contributed by atoms with E-state index in [0.29, 0.717) is 13.0 Å². The van der Waals surface area contributed by atoms with Crippen LogP contribution in [0.1, 0.15) is 116 Å². The van der Waals surface area contributed by atoms with Gasteiger partial charge in [0.1, 0.15) is 20.6 Å². The van der Waals surface area contributed by atoms with E-state index in [1.54, 1.807) is 0 Å². The largest absolute Gasteiger partial charge is 0.366 e. The van der Waals surface area contributed by atoms with Gasteiger partial charge in [0.15, 0.2) is 0 Å². The van der Waals surface area contributed by atoms with E-state index in [0.717, 1.165) is 25.8 Å². The molecule has 0 saturated heterocycles. The van der Waals surface area contributed by atoms with Crippen LogP contribution in [0.4, 0.5) is 0 Å². The number of hydroxylamine groups is 3. The number of quaternary nitrogens is 1. The minimum atomic E-state index is -1.75. The lowest BCUT2D eigenvalue weighted by atomic mass is 10.0. The van der Waals surface area contributed by atoms with Crippen LogP contribution in [0.25, 0.3) is 0 Å². The van der Waals surface area contributed by atoms with Gasteiger partial charge in [-0.15, -0.1) is 4.65 Å². The minimum absolute atomic E-state index is 0.0771. The smallest absolute Gasteiger partial charge is 0.356 e. The van der Waals surface area contributed by atoms with Crippen LogP contribution >= 0.6 is 0 Å². The van der Waals surface area contributed by atoms with Gasteiger partial charge < -0.3 is 21.1 Å². The highest BCUT2D eigenvalue weighted by molar-refractivity contribution is 5.68. The number of unbranched alkanes of at least 4 members (excludes halogenated alkanes) is 14. The molecule has 0 rings (SSSR count). The first-order valence-electron chi connectivity index (χ1n) is 12.3. The van der Waals surface area contributed by atoms with E-state index in [-0.39, 0.29) is 10.6 Å². The third kappa shape index (κ3) is 30.9. The Morgan fingerprint density at radius 2 is 1.13 bits per heavy atom. The van der Waals surface area contributed by atoms with Crippen molar-refractivity contribution in [1.29, 1.82) is 0 Å². The first kappa shape index (κ1) is 31.8. The highest BCUT2D eigenvalue weighted by Gasteiger charge is 2.20. The van der Waals surface area contributed by atoms with Gasteiger partial charge in [-0.05, 0) is 13.0 Å². The summed E-state index contributed by atoms with van der Waals surface area (Å²) in [5, 5.41) is 14.8. The molecule has 0 aliphatic heterocycles. The number of hydrogen-bond donors (Lipinski definition) is 1. The van der Waals surface area contributed by atoms with E-state index in [4.69, 9.17) is 25.9 Å². The fourth-order valence-electron chi connectivity index (χ4n) is 3.48. The van der Waals surface area contributed by atoms with Gasteiger partial charge in [0, 0.05) is 6.42 Å². The summed E-state index contributed by atoms with van der Waals surface area (Å²) in [6.45, 7) is 3.69. The molecule has 0 unspecified atom stereocenters. The second kappa shape index (κ2) is 23.3. The molecule has 0 bridgehead atoms. The van der Waals surface area contributed by atoms with Crippen LogP contribution in [0, 0.1) is 15.3 Å². The fraction of sp³-hybridized carbons (Fsp3) is 0.957. The lowest BCUT2D eigenvalue weighted by Gasteiger charge is -2.25. The van der Waals surface area contributed by atoms with Gasteiger partial charge in [0.2, 0.25) is 0 Å². The van der Waals surface area contributed by atoms with Crippen LogP contribution in [0.5, 0.6) is 0 Å². The highest BCUT2D eigenvalue weighted by atomic mass is 16.9. The molecule has 0 atom stereocenters. The van der Waals surface area contributed by atoms with E-state index >= 15 is 0 Å². The summed E-state index contributed by atoms with van der Waals surface area (Å²) in [5.41, 5.74) is 5.51. The lowest BCUT2D eigenvalue weighted by molar-refractivity contribution is -1.06. The van der Waals surface area contributed by atoms with Crippen LogP contribution < -0.4 is 5.73 Å². The molecular weight excluding hydrogens is 398 g/mol. The molecule has 0 aromatic carbocycles. The molecule has 0 aromatic heterocycles. The van der Waals surface area contributed by atoms with Crippen molar-refractivity contribution in [3.8, 4) is 0 Å². The van der Waals surface area contributed by atoms with Gasteiger partial charge in [0.25, 0.3) is 0 Å². The van der Waals surface area contributed by atoms with Gasteiger partial charge in [-0.3, -0.25) is 4.84 Å². The normalized spacial score (nSPS) is 11.0. The Morgan fingerprint density at radius 1 is 0.774 bits per heavy atom. The van der Waals surface area contributed by atoms with Crippen LogP contribution in [0.15, 0.2) is 0 Å². The molecule has 0 radical (unpaired) electrons. The third-order valence-corrected chi connectivity index (χ3v) is 5.23. The molecule has 8 heteroatoms. The second-order valence-electron chi connectivity index (χ2n) is 8.83. The number of rotatable bonds is 20. The third-order valence-electron chi connectivity index (χ3n) is 5.23. The summed E-state index contributed by atoms with van der Waals surface area (Å²) in [5.74, 6) is -0.0771. The average Bonchev–Trinajstić information content (AvgIpc) is 2.68. The molecule has 0 heterocycles. The summed E-state index contributed by atoms with van der Waals surface area (Å²) in [6, 6.07) is 0. The van der Waals surface area contributed by atoms with Crippen molar-refractivity contribution in [3.05, 3.63) is 15.3 Å². The summed E-state index contributed by atoms with van der Waals surface area (Å²) >= 11 is 0. The molecule has 0 spiro atoms. The summed E-state index contributed by atoms with van der Waals surface area (Å²) in [7, 11) is 3.83. The van der Waals surface area contributed by atoms with E-state index in [1.807, 2.05) is 14.1 Å². The molecule has 186 valence electrons. The number of hydrogen-bond acceptors (Lipinski definition) is 6. The number of nitrogens with two attached hydrogens (primary N) is 1. The Bertz CT molecular complexity index is 416. The van der Waals surface area contributed by atoms with Crippen LogP contribution in [-0.4, -0.2) is 42.9 Å². The summed E-state index contributed by atoms with van der Waals surface area (Å²) in [4.78, 5) is 25.6. The Kier molecular flexibility index (Phi) is 23.8. The van der Waals surface area contributed by atoms with E-state index in [2.05, 4.69) is 6.92 Å².